The van der Waals surface area contributed by atoms with Gasteiger partial charge in [0, 0.05) is 5.56 Å². The van der Waals surface area contributed by atoms with Gasteiger partial charge in [-0.15, -0.1) is 0 Å². The Morgan fingerprint density at radius 2 is 1.68 bits per heavy atom. The van der Waals surface area contributed by atoms with Gasteiger partial charge < -0.3 is 0 Å². The van der Waals surface area contributed by atoms with Crippen molar-refractivity contribution in [1.82, 2.24) is 0 Å². The van der Waals surface area contributed by atoms with Gasteiger partial charge in [-0.2, -0.15) is 0 Å². The van der Waals surface area contributed by atoms with E-state index in [4.69, 9.17) is 0 Å². The molecule has 2 aliphatic carbocycles. The van der Waals surface area contributed by atoms with E-state index in [9.17, 15) is 4.79 Å². The number of hydrogen-bond donors (Lipinski definition) is 0. The molecule has 19 heavy (non-hydrogen) atoms. The van der Waals surface area contributed by atoms with E-state index in [-0.39, 0.29) is 5.78 Å². The van der Waals surface area contributed by atoms with Crippen LogP contribution in [-0.2, 0) is 0 Å². The van der Waals surface area contributed by atoms with Crippen LogP contribution >= 0.6 is 0 Å². The van der Waals surface area contributed by atoms with Crippen LogP contribution in [0.1, 0.15) is 42.5 Å². The second-order valence-corrected chi connectivity index (χ2v) is 6.07. The van der Waals surface area contributed by atoms with Gasteiger partial charge in [0.1, 0.15) is 0 Å². The number of carbonyl (C=O) groups is 1. The molecular weight excluding hydrogens is 232 g/mol. The first kappa shape index (κ1) is 12.4. The number of hydrogen-bond acceptors (Lipinski definition) is 1. The van der Waals surface area contributed by atoms with Gasteiger partial charge in [-0.05, 0) is 50.0 Å². The molecule has 2 fully saturated rings. The second-order valence-electron chi connectivity index (χ2n) is 6.07. The molecule has 98 valence electrons. The Balaban J connectivity index is 1.75. The molecule has 0 amide bonds. The molecule has 2 aliphatic rings. The van der Waals surface area contributed by atoms with E-state index >= 15 is 0 Å². The quantitative estimate of drug-likeness (QED) is 0.428. The summed E-state index contributed by atoms with van der Waals surface area (Å²) >= 11 is 0. The zero-order valence-corrected chi connectivity index (χ0v) is 11.3. The lowest BCUT2D eigenvalue weighted by Gasteiger charge is -2.37. The predicted octanol–water partition coefficient (Wildman–Crippen LogP) is 4.56. The van der Waals surface area contributed by atoms with Crippen molar-refractivity contribution in [3.8, 4) is 0 Å². The highest BCUT2D eigenvalue weighted by Gasteiger charge is 2.30. The van der Waals surface area contributed by atoms with E-state index in [1.807, 2.05) is 36.4 Å². The van der Waals surface area contributed by atoms with Gasteiger partial charge in [-0.3, -0.25) is 4.79 Å². The number of fused-ring (bicyclic) bond motifs is 2. The molecule has 0 radical (unpaired) electrons. The molecule has 0 unspecified atom stereocenters. The summed E-state index contributed by atoms with van der Waals surface area (Å²) < 4.78 is 0. The summed E-state index contributed by atoms with van der Waals surface area (Å²) in [6.45, 7) is 4.14. The number of carbonyl (C=O) groups excluding carboxylic acids is 1. The zero-order chi connectivity index (χ0) is 13.2. The Morgan fingerprint density at radius 1 is 1.05 bits per heavy atom. The minimum Gasteiger partial charge on any atom is -0.289 e. The average Bonchev–Trinajstić information content (AvgIpc) is 2.38. The summed E-state index contributed by atoms with van der Waals surface area (Å²) in [4.78, 5) is 12.2. The van der Waals surface area contributed by atoms with Crippen LogP contribution in [0.15, 0.2) is 54.1 Å². The third-order valence-corrected chi connectivity index (χ3v) is 4.32. The van der Waals surface area contributed by atoms with Gasteiger partial charge in [-0.25, -0.2) is 0 Å². The van der Waals surface area contributed by atoms with E-state index in [2.05, 4.69) is 6.58 Å². The molecule has 2 atom stereocenters. The Morgan fingerprint density at radius 3 is 2.32 bits per heavy atom. The summed E-state index contributed by atoms with van der Waals surface area (Å²) in [5.74, 6) is 1.62. The van der Waals surface area contributed by atoms with Crippen molar-refractivity contribution in [2.75, 3.05) is 0 Å². The first-order chi connectivity index (χ1) is 9.20. The second kappa shape index (κ2) is 5.16. The Bertz CT molecular complexity index is 506. The van der Waals surface area contributed by atoms with Crippen molar-refractivity contribution in [2.45, 2.75) is 32.1 Å². The fourth-order valence-electron chi connectivity index (χ4n) is 3.66. The number of allylic oxidation sites excluding steroid dienone is 3. The fourth-order valence-corrected chi connectivity index (χ4v) is 3.66. The van der Waals surface area contributed by atoms with Gasteiger partial charge in [0.15, 0.2) is 5.78 Å². The largest absolute Gasteiger partial charge is 0.289 e. The smallest absolute Gasteiger partial charge is 0.185 e. The normalized spacial score (nSPS) is 28.4. The molecule has 0 N–H and O–H groups in total. The molecule has 2 bridgehead atoms. The van der Waals surface area contributed by atoms with Crippen molar-refractivity contribution in [1.29, 1.82) is 0 Å². The molecule has 0 aliphatic heterocycles. The molecule has 0 saturated heterocycles. The molecule has 3 rings (SSSR count). The van der Waals surface area contributed by atoms with Crippen LogP contribution in [0.2, 0.25) is 0 Å². The van der Waals surface area contributed by atoms with Crippen molar-refractivity contribution in [3.05, 3.63) is 59.7 Å². The highest BCUT2D eigenvalue weighted by atomic mass is 16.1. The highest BCUT2D eigenvalue weighted by Crippen LogP contribution is 2.43. The van der Waals surface area contributed by atoms with E-state index in [1.165, 1.54) is 17.6 Å². The molecule has 0 heterocycles. The third-order valence-electron chi connectivity index (χ3n) is 4.32. The Labute approximate surface area is 115 Å². The molecule has 2 saturated carbocycles. The molecule has 0 aromatic heterocycles. The number of rotatable bonds is 2. The zero-order valence-electron chi connectivity index (χ0n) is 11.3. The fraction of sp³-hybridized carbons (Fsp3) is 0.389. The lowest BCUT2D eigenvalue weighted by atomic mass is 9.69. The van der Waals surface area contributed by atoms with E-state index in [1.54, 1.807) is 0 Å². The summed E-state index contributed by atoms with van der Waals surface area (Å²) in [5.41, 5.74) is 3.56. The third kappa shape index (κ3) is 2.86. The van der Waals surface area contributed by atoms with E-state index in [0.29, 0.717) is 0 Å². The van der Waals surface area contributed by atoms with Crippen molar-refractivity contribution in [2.24, 2.45) is 11.8 Å². The lowest BCUT2D eigenvalue weighted by Crippen LogP contribution is -2.23. The monoisotopic (exact) mass is 252 g/mol. The van der Waals surface area contributed by atoms with Gasteiger partial charge in [0.25, 0.3) is 0 Å². The van der Waals surface area contributed by atoms with Crippen molar-refractivity contribution in [3.63, 3.8) is 0 Å². The maximum absolute atomic E-state index is 12.2. The van der Waals surface area contributed by atoms with Gasteiger partial charge in [0.2, 0.25) is 0 Å². The highest BCUT2D eigenvalue weighted by molar-refractivity contribution is 6.04. The average molecular weight is 252 g/mol. The van der Waals surface area contributed by atoms with Crippen LogP contribution < -0.4 is 0 Å². The lowest BCUT2D eigenvalue weighted by molar-refractivity contribution is 0.104. The number of ketones is 1. The maximum atomic E-state index is 12.2. The van der Waals surface area contributed by atoms with Gasteiger partial charge >= 0.3 is 0 Å². The molecule has 1 aromatic carbocycles. The first-order valence-corrected chi connectivity index (χ1v) is 7.16. The van der Waals surface area contributed by atoms with Crippen molar-refractivity contribution < 1.29 is 4.79 Å². The van der Waals surface area contributed by atoms with Crippen LogP contribution in [0, 0.1) is 11.8 Å². The van der Waals surface area contributed by atoms with Gasteiger partial charge in [-0.1, -0.05) is 48.1 Å². The van der Waals surface area contributed by atoms with Crippen LogP contribution in [0.3, 0.4) is 0 Å². The summed E-state index contributed by atoms with van der Waals surface area (Å²) in [7, 11) is 0. The summed E-state index contributed by atoms with van der Waals surface area (Å²) in [6, 6.07) is 9.58. The first-order valence-electron chi connectivity index (χ1n) is 7.16. The van der Waals surface area contributed by atoms with Crippen LogP contribution in [0.4, 0.5) is 0 Å². The van der Waals surface area contributed by atoms with Crippen LogP contribution in [0.5, 0.6) is 0 Å². The SMILES string of the molecule is C=C1C[C@@H]2CC(=CC(=O)c3ccccc3)C[C@H](C1)C2. The summed E-state index contributed by atoms with van der Waals surface area (Å²) in [6.07, 6.45) is 7.72. The Kier molecular flexibility index (Phi) is 3.37. The maximum Gasteiger partial charge on any atom is 0.185 e. The van der Waals surface area contributed by atoms with Crippen LogP contribution in [-0.4, -0.2) is 5.78 Å². The van der Waals surface area contributed by atoms with Gasteiger partial charge in [0.05, 0.1) is 0 Å². The van der Waals surface area contributed by atoms with Crippen LogP contribution in [0.25, 0.3) is 0 Å². The van der Waals surface area contributed by atoms with E-state index in [0.717, 1.165) is 43.1 Å². The minimum absolute atomic E-state index is 0.161. The standard InChI is InChI=1S/C18H20O/c1-13-7-14-9-15(8-13)11-16(10-14)12-18(19)17-5-3-2-4-6-17/h2-6,12,14-15H,1,7-11H2/t14-,15+. The van der Waals surface area contributed by atoms with Crippen molar-refractivity contribution >= 4 is 5.78 Å². The predicted molar refractivity (Wildman–Crippen MR) is 78.1 cm³/mol. The number of benzene rings is 1. The topological polar surface area (TPSA) is 17.1 Å². The molecule has 0 spiro atoms. The minimum atomic E-state index is 0.161. The molecule has 1 nitrogen and oxygen atoms in total. The molecule has 1 aromatic rings. The molecule has 1 heteroatoms. The molecular formula is C18H20O. The van der Waals surface area contributed by atoms with E-state index < -0.39 is 0 Å². The summed E-state index contributed by atoms with van der Waals surface area (Å²) in [5, 5.41) is 0. The Hall–Kier alpha value is -1.63.